The van der Waals surface area contributed by atoms with Crippen LogP contribution in [0.25, 0.3) is 0 Å². The lowest BCUT2D eigenvalue weighted by Gasteiger charge is -2.12. The van der Waals surface area contributed by atoms with Crippen LogP contribution in [-0.2, 0) is 17.9 Å². The zero-order valence-electron chi connectivity index (χ0n) is 17.8. The second-order valence-electron chi connectivity index (χ2n) is 6.90. The number of rotatable bonds is 10. The monoisotopic (exact) mass is 578 g/mol. The molecule has 4 N–H and O–H groups in total. The van der Waals surface area contributed by atoms with E-state index in [1.807, 2.05) is 28.8 Å². The third-order valence-electron chi connectivity index (χ3n) is 4.44. The number of benzene rings is 2. The van der Waals surface area contributed by atoms with Gasteiger partial charge in [0.1, 0.15) is 11.5 Å². The second kappa shape index (κ2) is 11.7. The minimum Gasteiger partial charge on any atom is -0.508 e. The predicted octanol–water partition coefficient (Wildman–Crippen LogP) is 3.72. The van der Waals surface area contributed by atoms with E-state index >= 15 is 0 Å². The maximum absolute atomic E-state index is 12.5. The molecule has 0 fully saturated rings. The van der Waals surface area contributed by atoms with Gasteiger partial charge in [0.2, 0.25) is 0 Å². The Kier molecular flexibility index (Phi) is 8.72. The number of phenols is 2. The lowest BCUT2D eigenvalue weighted by atomic mass is 10.2. The average molecular weight is 578 g/mol. The molecule has 11 heteroatoms. The number of allylic oxidation sites excluding steroid dienone is 1. The van der Waals surface area contributed by atoms with Crippen LogP contribution < -0.4 is 10.7 Å². The van der Waals surface area contributed by atoms with Gasteiger partial charge in [-0.2, -0.15) is 5.10 Å². The largest absolute Gasteiger partial charge is 0.508 e. The van der Waals surface area contributed by atoms with E-state index in [1.165, 1.54) is 36.2 Å². The van der Waals surface area contributed by atoms with Gasteiger partial charge < -0.3 is 20.1 Å². The topological polar surface area (TPSA) is 125 Å². The number of amides is 1. The quantitative estimate of drug-likeness (QED) is 0.0951. The summed E-state index contributed by atoms with van der Waals surface area (Å²) in [5.74, 6) is 0.195. The van der Waals surface area contributed by atoms with Gasteiger partial charge in [-0.3, -0.25) is 4.79 Å². The molecule has 1 atom stereocenters. The van der Waals surface area contributed by atoms with E-state index in [0.717, 1.165) is 15.1 Å². The average Bonchev–Trinajstić information content (AvgIpc) is 3.16. The highest BCUT2D eigenvalue weighted by Crippen LogP contribution is 2.24. The first-order valence-corrected chi connectivity index (χ1v) is 11.9. The van der Waals surface area contributed by atoms with Crippen LogP contribution >= 0.6 is 34.4 Å². The summed E-state index contributed by atoms with van der Waals surface area (Å²) in [7, 11) is 0. The van der Waals surface area contributed by atoms with Crippen molar-refractivity contribution in [1.29, 1.82) is 0 Å². The SMILES string of the molecule is C=CCn1c(CNc2ccc(I)cc2)nnc1S[C@H](C)C(=O)N/N=C\c1ccc(O)cc1O. The normalized spacial score (nSPS) is 11.9. The number of aromatic nitrogens is 3. The molecule has 1 heterocycles. The number of thioether (sulfide) groups is 1. The Labute approximate surface area is 209 Å². The molecule has 3 rings (SSSR count). The fourth-order valence-electron chi connectivity index (χ4n) is 2.71. The molecule has 0 aliphatic carbocycles. The van der Waals surface area contributed by atoms with E-state index in [4.69, 9.17) is 0 Å². The molecule has 0 bridgehead atoms. The van der Waals surface area contributed by atoms with Crippen LogP contribution in [0, 0.1) is 3.57 Å². The van der Waals surface area contributed by atoms with Gasteiger partial charge in [-0.1, -0.05) is 17.8 Å². The van der Waals surface area contributed by atoms with Crippen LogP contribution in [0.5, 0.6) is 11.5 Å². The molecule has 33 heavy (non-hydrogen) atoms. The summed E-state index contributed by atoms with van der Waals surface area (Å²) in [6, 6.07) is 12.1. The molecule has 9 nitrogen and oxygen atoms in total. The molecule has 0 spiro atoms. The van der Waals surface area contributed by atoms with E-state index < -0.39 is 5.25 Å². The predicted molar refractivity (Wildman–Crippen MR) is 138 cm³/mol. The van der Waals surface area contributed by atoms with Gasteiger partial charge in [0, 0.05) is 27.4 Å². The fourth-order valence-corrected chi connectivity index (χ4v) is 3.94. The van der Waals surface area contributed by atoms with Crippen LogP contribution in [0.2, 0.25) is 0 Å². The first-order valence-electron chi connectivity index (χ1n) is 9.91. The maximum Gasteiger partial charge on any atom is 0.253 e. The molecule has 1 aromatic heterocycles. The highest BCUT2D eigenvalue weighted by molar-refractivity contribution is 14.1. The fraction of sp³-hybridized carbons (Fsp3) is 0.182. The van der Waals surface area contributed by atoms with E-state index in [0.29, 0.717) is 23.8 Å². The standard InChI is InChI=1S/C22H23IN6O3S/c1-3-10-29-20(13-24-17-7-5-16(23)6-8-17)26-28-22(29)33-14(2)21(32)27-25-12-15-4-9-18(30)11-19(15)31/h3-9,11-12,14,24,30-31H,1,10,13H2,2H3,(H,27,32)/b25-12-/t14-/m1/s1. The minimum absolute atomic E-state index is 0.0598. The van der Waals surface area contributed by atoms with Gasteiger partial charge in [0.25, 0.3) is 5.91 Å². The summed E-state index contributed by atoms with van der Waals surface area (Å²) in [6.07, 6.45) is 3.06. The van der Waals surface area contributed by atoms with Crippen LogP contribution in [0.4, 0.5) is 5.69 Å². The Bertz CT molecular complexity index is 1150. The number of carbonyl (C=O) groups excluding carboxylic acids is 1. The van der Waals surface area contributed by atoms with Crippen molar-refractivity contribution in [3.05, 3.63) is 70.1 Å². The van der Waals surface area contributed by atoms with Crippen molar-refractivity contribution in [3.8, 4) is 11.5 Å². The highest BCUT2D eigenvalue weighted by Gasteiger charge is 2.19. The summed E-state index contributed by atoms with van der Waals surface area (Å²) in [4.78, 5) is 12.5. The molecular formula is C22H23IN6O3S. The maximum atomic E-state index is 12.5. The smallest absolute Gasteiger partial charge is 0.253 e. The minimum atomic E-state index is -0.500. The van der Waals surface area contributed by atoms with Gasteiger partial charge in [-0.05, 0) is 65.9 Å². The highest BCUT2D eigenvalue weighted by atomic mass is 127. The van der Waals surface area contributed by atoms with Gasteiger partial charge >= 0.3 is 0 Å². The van der Waals surface area contributed by atoms with Crippen molar-refractivity contribution in [2.24, 2.45) is 5.10 Å². The first-order chi connectivity index (χ1) is 15.9. The number of nitrogens with zero attached hydrogens (tertiary/aromatic N) is 4. The third kappa shape index (κ3) is 6.96. The molecule has 0 saturated carbocycles. The molecule has 0 aliphatic heterocycles. The van der Waals surface area contributed by atoms with Gasteiger partial charge in [0.15, 0.2) is 11.0 Å². The molecule has 2 aromatic carbocycles. The lowest BCUT2D eigenvalue weighted by Crippen LogP contribution is -2.27. The van der Waals surface area contributed by atoms with Crippen LogP contribution in [0.3, 0.4) is 0 Å². The van der Waals surface area contributed by atoms with E-state index in [2.05, 4.69) is 55.2 Å². The van der Waals surface area contributed by atoms with Crippen LogP contribution in [0.15, 0.2) is 65.4 Å². The second-order valence-corrected chi connectivity index (χ2v) is 9.45. The van der Waals surface area contributed by atoms with Crippen molar-refractivity contribution >= 4 is 52.2 Å². The van der Waals surface area contributed by atoms with E-state index in [9.17, 15) is 15.0 Å². The summed E-state index contributed by atoms with van der Waals surface area (Å²) in [6.45, 7) is 6.52. The van der Waals surface area contributed by atoms with Gasteiger partial charge in [-0.15, -0.1) is 16.8 Å². The summed E-state index contributed by atoms with van der Waals surface area (Å²) >= 11 is 3.51. The molecular weight excluding hydrogens is 555 g/mol. The third-order valence-corrected chi connectivity index (χ3v) is 6.24. The lowest BCUT2D eigenvalue weighted by molar-refractivity contribution is -0.120. The summed E-state index contributed by atoms with van der Waals surface area (Å²) in [5, 5.41) is 34.9. The van der Waals surface area contributed by atoms with E-state index in [1.54, 1.807) is 13.0 Å². The number of hydrogen-bond acceptors (Lipinski definition) is 8. The number of hydrazone groups is 1. The molecule has 0 unspecified atom stereocenters. The molecule has 172 valence electrons. The zero-order chi connectivity index (χ0) is 23.8. The number of aromatic hydroxyl groups is 2. The Morgan fingerprint density at radius 1 is 1.27 bits per heavy atom. The number of hydrogen-bond donors (Lipinski definition) is 4. The van der Waals surface area contributed by atoms with Crippen molar-refractivity contribution in [2.45, 2.75) is 30.4 Å². The Balaban J connectivity index is 1.61. The number of phenolic OH excluding ortho intramolecular Hbond substituents is 2. The first kappa shape index (κ1) is 24.6. The number of nitrogens with one attached hydrogen (secondary N) is 2. The number of carbonyl (C=O) groups is 1. The Morgan fingerprint density at radius 2 is 2.03 bits per heavy atom. The Hall–Kier alpha value is -3.06. The number of anilines is 1. The van der Waals surface area contributed by atoms with Crippen molar-refractivity contribution in [3.63, 3.8) is 0 Å². The van der Waals surface area contributed by atoms with Gasteiger partial charge in [-0.25, -0.2) is 5.43 Å². The van der Waals surface area contributed by atoms with Crippen molar-refractivity contribution in [1.82, 2.24) is 20.2 Å². The molecule has 1 amide bonds. The van der Waals surface area contributed by atoms with Crippen LogP contribution in [-0.4, -0.2) is 42.3 Å². The van der Waals surface area contributed by atoms with E-state index in [-0.39, 0.29) is 17.4 Å². The van der Waals surface area contributed by atoms with Crippen molar-refractivity contribution < 1.29 is 15.0 Å². The molecule has 3 aromatic rings. The summed E-state index contributed by atoms with van der Waals surface area (Å²) in [5.41, 5.74) is 3.79. The zero-order valence-corrected chi connectivity index (χ0v) is 20.7. The summed E-state index contributed by atoms with van der Waals surface area (Å²) < 4.78 is 3.06. The molecule has 0 aliphatic rings. The van der Waals surface area contributed by atoms with Crippen molar-refractivity contribution in [2.75, 3.05) is 5.32 Å². The van der Waals surface area contributed by atoms with Crippen LogP contribution in [0.1, 0.15) is 18.3 Å². The number of halogens is 1. The Morgan fingerprint density at radius 3 is 2.73 bits per heavy atom. The van der Waals surface area contributed by atoms with Gasteiger partial charge in [0.05, 0.1) is 18.0 Å². The molecule has 0 saturated heterocycles. The molecule has 0 radical (unpaired) electrons.